The van der Waals surface area contributed by atoms with Crippen LogP contribution in [0.5, 0.6) is 0 Å². The zero-order chi connectivity index (χ0) is 39.6. The summed E-state index contributed by atoms with van der Waals surface area (Å²) < 4.78 is 34.0. The molecule has 1 N–H and O–H groups in total. The summed E-state index contributed by atoms with van der Waals surface area (Å²) in [6.45, 7) is 3.46. The molecule has 5 aromatic carbocycles. The van der Waals surface area contributed by atoms with Gasteiger partial charge in [0.25, 0.3) is 0 Å². The molecule has 0 amide bonds. The van der Waals surface area contributed by atoms with E-state index in [0.29, 0.717) is 25.2 Å². The van der Waals surface area contributed by atoms with E-state index < -0.39 is 30.2 Å². The molecule has 5 atom stereocenters. The highest BCUT2D eigenvalue weighted by molar-refractivity contribution is 5.74. The molecule has 1 fully saturated rings. The van der Waals surface area contributed by atoms with Crippen molar-refractivity contribution in [1.29, 1.82) is 0 Å². The molecule has 0 radical (unpaired) electrons. The van der Waals surface area contributed by atoms with Gasteiger partial charge in [-0.15, -0.1) is 0 Å². The van der Waals surface area contributed by atoms with Crippen molar-refractivity contribution in [2.45, 2.75) is 70.0 Å². The standard InChI is InChI=1S/C52H50O6/c1-38-30-44(47-29-16-6-15-28-46(38)47)31-43-26-17-27-45(32-43)52(53)51(57-36-42-24-13-5-14-25-42)50(56-35-41-22-11-4-12-23-41)49(55-34-40-20-9-3-10-21-40)48(58-52)37-54-33-39-18-7-2-8-19-39/h2-30,32,48-51,53H,31,33-37H2,1H3/t48-,49-,50+,51-,52+/m1/s1. The van der Waals surface area contributed by atoms with E-state index in [1.807, 2.05) is 140 Å². The molecule has 2 aliphatic carbocycles. The Morgan fingerprint density at radius 3 is 1.57 bits per heavy atom. The zero-order valence-electron chi connectivity index (χ0n) is 32.9. The molecular weight excluding hydrogens is 721 g/mol. The molecule has 0 aromatic heterocycles. The van der Waals surface area contributed by atoms with Crippen molar-refractivity contribution < 1.29 is 28.8 Å². The van der Waals surface area contributed by atoms with Crippen LogP contribution in [0, 0.1) is 6.92 Å². The Labute approximate surface area is 341 Å². The molecule has 1 saturated heterocycles. The van der Waals surface area contributed by atoms with E-state index in [-0.39, 0.29) is 19.8 Å². The van der Waals surface area contributed by atoms with Crippen LogP contribution < -0.4 is 0 Å². The van der Waals surface area contributed by atoms with E-state index >= 15 is 0 Å². The summed E-state index contributed by atoms with van der Waals surface area (Å²) in [5.74, 6) is -1.95. The summed E-state index contributed by atoms with van der Waals surface area (Å²) in [5.41, 5.74) is 10.5. The maximum Gasteiger partial charge on any atom is 0.222 e. The van der Waals surface area contributed by atoms with Crippen LogP contribution in [0.15, 0.2) is 182 Å². The minimum absolute atomic E-state index is 0.142. The van der Waals surface area contributed by atoms with Gasteiger partial charge in [0, 0.05) is 5.56 Å². The van der Waals surface area contributed by atoms with Gasteiger partial charge in [-0.05, 0) is 69.5 Å². The van der Waals surface area contributed by atoms with Crippen LogP contribution in [-0.2, 0) is 62.3 Å². The van der Waals surface area contributed by atoms with Crippen LogP contribution in [0.25, 0.3) is 11.1 Å². The Kier molecular flexibility index (Phi) is 12.8. The topological polar surface area (TPSA) is 66.4 Å². The normalized spacial score (nSPS) is 20.6. The highest BCUT2D eigenvalue weighted by Crippen LogP contribution is 2.42. The first-order valence-corrected chi connectivity index (χ1v) is 20.1. The summed E-state index contributed by atoms with van der Waals surface area (Å²) in [6, 6.07) is 61.0. The summed E-state index contributed by atoms with van der Waals surface area (Å²) >= 11 is 0. The molecule has 0 saturated carbocycles. The number of hydrogen-bond acceptors (Lipinski definition) is 6. The summed E-state index contributed by atoms with van der Waals surface area (Å²) in [7, 11) is 0. The average Bonchev–Trinajstić information content (AvgIpc) is 3.39. The maximum atomic E-state index is 13.3. The predicted octanol–water partition coefficient (Wildman–Crippen LogP) is 10.2. The number of fused-ring (bicyclic) bond motifs is 1. The summed E-state index contributed by atoms with van der Waals surface area (Å²) in [5, 5.41) is 13.3. The molecule has 1 heterocycles. The Morgan fingerprint density at radius 2 is 0.983 bits per heavy atom. The van der Waals surface area contributed by atoms with Crippen molar-refractivity contribution in [3.05, 3.63) is 226 Å². The maximum absolute atomic E-state index is 13.3. The molecule has 0 unspecified atom stereocenters. The highest BCUT2D eigenvalue weighted by atomic mass is 16.7. The fourth-order valence-electron chi connectivity index (χ4n) is 7.94. The van der Waals surface area contributed by atoms with Gasteiger partial charge in [0.05, 0.1) is 33.0 Å². The van der Waals surface area contributed by atoms with Crippen molar-refractivity contribution in [1.82, 2.24) is 0 Å². The number of aliphatic hydroxyl groups is 1. The molecule has 3 aliphatic rings. The van der Waals surface area contributed by atoms with Crippen LogP contribution in [0.4, 0.5) is 0 Å². The van der Waals surface area contributed by atoms with Crippen LogP contribution >= 0.6 is 0 Å². The molecule has 6 nitrogen and oxygen atoms in total. The Bertz CT molecular complexity index is 2280. The van der Waals surface area contributed by atoms with Crippen molar-refractivity contribution in [3.63, 3.8) is 0 Å². The van der Waals surface area contributed by atoms with Crippen molar-refractivity contribution in [3.8, 4) is 11.1 Å². The van der Waals surface area contributed by atoms with Crippen LogP contribution in [0.3, 0.4) is 0 Å². The lowest BCUT2D eigenvalue weighted by molar-refractivity contribution is -0.378. The van der Waals surface area contributed by atoms with E-state index in [1.54, 1.807) is 0 Å². The number of aryl methyl sites for hydroxylation is 1. The fourth-order valence-corrected chi connectivity index (χ4v) is 7.94. The molecule has 0 bridgehead atoms. The quantitative estimate of drug-likeness (QED) is 0.106. The first-order valence-electron chi connectivity index (χ1n) is 20.1. The van der Waals surface area contributed by atoms with Gasteiger partial charge in [-0.25, -0.2) is 0 Å². The third kappa shape index (κ3) is 9.46. The summed E-state index contributed by atoms with van der Waals surface area (Å²) in [6.07, 6.45) is -2.52. The molecule has 8 rings (SSSR count). The molecule has 58 heavy (non-hydrogen) atoms. The second-order valence-electron chi connectivity index (χ2n) is 15.1. The first-order chi connectivity index (χ1) is 28.5. The SMILES string of the molecule is Cc1cc(Cc2cccc([C@]3(O)O[C@H](COCc4ccccc4)[C@@H](OCc4ccccc4)[C@H](OCc4ccccc4)[C@H]3OCc3ccccc3)c2)c2cccccc1-2. The lowest BCUT2D eigenvalue weighted by Gasteiger charge is -2.50. The van der Waals surface area contributed by atoms with Gasteiger partial charge in [0.15, 0.2) is 0 Å². The number of hydrogen-bond donors (Lipinski definition) is 1. The molecule has 294 valence electrons. The Hall–Kier alpha value is -5.44. The number of rotatable bonds is 16. The minimum atomic E-state index is -1.95. The van der Waals surface area contributed by atoms with Crippen molar-refractivity contribution in [2.75, 3.05) is 6.61 Å². The second kappa shape index (κ2) is 18.9. The van der Waals surface area contributed by atoms with Crippen LogP contribution in [0.2, 0.25) is 0 Å². The monoisotopic (exact) mass is 770 g/mol. The number of benzene rings is 5. The first kappa shape index (κ1) is 39.4. The van der Waals surface area contributed by atoms with Gasteiger partial charge >= 0.3 is 0 Å². The van der Waals surface area contributed by atoms with Crippen LogP contribution in [0.1, 0.15) is 44.5 Å². The van der Waals surface area contributed by atoms with Crippen LogP contribution in [-0.4, -0.2) is 36.1 Å². The van der Waals surface area contributed by atoms with Gasteiger partial charge in [-0.2, -0.15) is 0 Å². The van der Waals surface area contributed by atoms with Gasteiger partial charge in [-0.1, -0.05) is 176 Å². The Balaban J connectivity index is 1.18. The van der Waals surface area contributed by atoms with Gasteiger partial charge in [-0.3, -0.25) is 0 Å². The molecular formula is C52H50O6. The van der Waals surface area contributed by atoms with Gasteiger partial charge in [0.2, 0.25) is 5.79 Å². The lowest BCUT2D eigenvalue weighted by Crippen LogP contribution is -2.65. The van der Waals surface area contributed by atoms with E-state index in [4.69, 9.17) is 23.7 Å². The fraction of sp³-hybridized carbons (Fsp3) is 0.231. The van der Waals surface area contributed by atoms with Crippen molar-refractivity contribution in [2.24, 2.45) is 0 Å². The number of ether oxygens (including phenoxy) is 5. The predicted molar refractivity (Wildman–Crippen MR) is 227 cm³/mol. The molecule has 0 spiro atoms. The average molecular weight is 771 g/mol. The second-order valence-corrected chi connectivity index (χ2v) is 15.1. The van der Waals surface area contributed by atoms with Crippen molar-refractivity contribution >= 4 is 0 Å². The van der Waals surface area contributed by atoms with E-state index in [0.717, 1.165) is 27.8 Å². The Morgan fingerprint density at radius 1 is 0.500 bits per heavy atom. The van der Waals surface area contributed by atoms with Gasteiger partial charge < -0.3 is 28.8 Å². The third-order valence-electron chi connectivity index (χ3n) is 10.9. The largest absolute Gasteiger partial charge is 0.374 e. The molecule has 1 aliphatic heterocycles. The molecule has 5 aromatic rings. The minimum Gasteiger partial charge on any atom is -0.374 e. The highest BCUT2D eigenvalue weighted by Gasteiger charge is 2.57. The smallest absolute Gasteiger partial charge is 0.222 e. The lowest BCUT2D eigenvalue weighted by atomic mass is 9.86. The summed E-state index contributed by atoms with van der Waals surface area (Å²) in [4.78, 5) is 0. The van der Waals surface area contributed by atoms with Gasteiger partial charge in [0.1, 0.15) is 24.4 Å². The van der Waals surface area contributed by atoms with E-state index in [9.17, 15) is 5.11 Å². The van der Waals surface area contributed by atoms with E-state index in [2.05, 4.69) is 49.4 Å². The third-order valence-corrected chi connectivity index (χ3v) is 10.9. The van der Waals surface area contributed by atoms with E-state index in [1.165, 1.54) is 22.3 Å². The zero-order valence-corrected chi connectivity index (χ0v) is 32.9. The molecule has 6 heteroatoms.